The molecule has 0 fully saturated rings. The molecule has 0 bridgehead atoms. The summed E-state index contributed by atoms with van der Waals surface area (Å²) < 4.78 is 0. The molecule has 74 valence electrons. The average molecular weight is 208 g/mol. The number of nitrogens with zero attached hydrogens (tertiary/aromatic N) is 1. The number of hydrogen-bond donors (Lipinski definition) is 0. The van der Waals surface area contributed by atoms with Crippen LogP contribution >= 0.6 is 11.6 Å². The van der Waals surface area contributed by atoms with Crippen molar-refractivity contribution in [1.82, 2.24) is 0 Å². The normalized spacial score (nSPS) is 19.1. The van der Waals surface area contributed by atoms with E-state index in [1.165, 1.54) is 16.7 Å². The van der Waals surface area contributed by atoms with E-state index in [-0.39, 0.29) is 0 Å². The van der Waals surface area contributed by atoms with E-state index in [9.17, 15) is 0 Å². The molecular formula is C12H14ClN. The van der Waals surface area contributed by atoms with Gasteiger partial charge in [-0.15, -0.1) is 0 Å². The molecule has 1 aliphatic heterocycles. The summed E-state index contributed by atoms with van der Waals surface area (Å²) in [5.74, 6) is 0.506. The lowest BCUT2D eigenvalue weighted by Gasteiger charge is -2.14. The zero-order valence-electron chi connectivity index (χ0n) is 8.71. The molecule has 1 aromatic carbocycles. The smallest absolute Gasteiger partial charge is 0.0730 e. The molecule has 0 saturated heterocycles. The van der Waals surface area contributed by atoms with Crippen LogP contribution in [-0.2, 0) is 0 Å². The summed E-state index contributed by atoms with van der Waals surface area (Å²) in [5.41, 5.74) is 3.87. The lowest BCUT2D eigenvalue weighted by Crippen LogP contribution is -1.99. The van der Waals surface area contributed by atoms with Gasteiger partial charge in [0.25, 0.3) is 0 Å². The largest absolute Gasteiger partial charge is 0.285 e. The van der Waals surface area contributed by atoms with Crippen LogP contribution in [0.4, 0.5) is 0 Å². The van der Waals surface area contributed by atoms with Crippen molar-refractivity contribution < 1.29 is 0 Å². The van der Waals surface area contributed by atoms with Gasteiger partial charge in [-0.2, -0.15) is 0 Å². The first kappa shape index (κ1) is 9.72. The molecule has 0 saturated carbocycles. The Kier molecular flexibility index (Phi) is 2.36. The van der Waals surface area contributed by atoms with Crippen molar-refractivity contribution in [1.29, 1.82) is 0 Å². The molecule has 0 aromatic heterocycles. The fraction of sp³-hybridized carbons (Fsp3) is 0.417. The number of aliphatic imine (C=N–C) groups is 1. The Morgan fingerprint density at radius 1 is 1.36 bits per heavy atom. The maximum Gasteiger partial charge on any atom is 0.0730 e. The van der Waals surface area contributed by atoms with Crippen LogP contribution in [0.3, 0.4) is 0 Å². The molecule has 2 heteroatoms. The van der Waals surface area contributed by atoms with Crippen LogP contribution in [0, 0.1) is 0 Å². The molecule has 0 N–H and O–H groups in total. The molecule has 0 amide bonds. The van der Waals surface area contributed by atoms with E-state index in [2.05, 4.69) is 31.8 Å². The van der Waals surface area contributed by atoms with E-state index in [0.717, 1.165) is 5.02 Å². The monoisotopic (exact) mass is 207 g/mol. The summed E-state index contributed by atoms with van der Waals surface area (Å²) in [7, 11) is 0. The third-order valence-corrected chi connectivity index (χ3v) is 2.90. The van der Waals surface area contributed by atoms with Gasteiger partial charge in [-0.1, -0.05) is 25.4 Å². The number of fused-ring (bicyclic) bond motifs is 1. The van der Waals surface area contributed by atoms with Gasteiger partial charge < -0.3 is 0 Å². The van der Waals surface area contributed by atoms with Crippen molar-refractivity contribution in [3.05, 3.63) is 33.8 Å². The molecule has 1 aromatic rings. The zero-order chi connectivity index (χ0) is 10.3. The minimum Gasteiger partial charge on any atom is -0.285 e. The summed E-state index contributed by atoms with van der Waals surface area (Å²) in [6, 6.07) is 4.35. The van der Waals surface area contributed by atoms with E-state index in [1.54, 1.807) is 0 Å². The molecule has 0 radical (unpaired) electrons. The Hall–Kier alpha value is -0.820. The van der Waals surface area contributed by atoms with Crippen molar-refractivity contribution in [2.75, 3.05) is 0 Å². The highest BCUT2D eigenvalue weighted by molar-refractivity contribution is 6.31. The minimum atomic E-state index is 0.291. The van der Waals surface area contributed by atoms with Crippen molar-refractivity contribution in [2.24, 2.45) is 4.99 Å². The lowest BCUT2D eigenvalue weighted by atomic mass is 9.91. The quantitative estimate of drug-likeness (QED) is 0.661. The van der Waals surface area contributed by atoms with Crippen LogP contribution < -0.4 is 0 Å². The van der Waals surface area contributed by atoms with Crippen LogP contribution in [0.15, 0.2) is 17.1 Å². The van der Waals surface area contributed by atoms with Gasteiger partial charge in [0, 0.05) is 11.2 Å². The fourth-order valence-electron chi connectivity index (χ4n) is 1.99. The average Bonchev–Trinajstić information content (AvgIpc) is 2.46. The summed E-state index contributed by atoms with van der Waals surface area (Å²) in [6.07, 6.45) is 1.93. The summed E-state index contributed by atoms with van der Waals surface area (Å²) >= 11 is 6.06. The van der Waals surface area contributed by atoms with Gasteiger partial charge in [-0.3, -0.25) is 4.99 Å². The lowest BCUT2D eigenvalue weighted by molar-refractivity contribution is 0.782. The Morgan fingerprint density at radius 3 is 2.71 bits per heavy atom. The molecule has 1 aliphatic rings. The summed E-state index contributed by atoms with van der Waals surface area (Å²) in [6.45, 7) is 6.51. The van der Waals surface area contributed by atoms with Crippen molar-refractivity contribution in [3.8, 4) is 0 Å². The molecule has 1 atom stereocenters. The van der Waals surface area contributed by atoms with Crippen LogP contribution in [0.25, 0.3) is 0 Å². The van der Waals surface area contributed by atoms with Gasteiger partial charge in [0.2, 0.25) is 0 Å². The highest BCUT2D eigenvalue weighted by atomic mass is 35.5. The molecule has 1 unspecified atom stereocenters. The van der Waals surface area contributed by atoms with Crippen LogP contribution in [0.2, 0.25) is 5.02 Å². The molecule has 1 heterocycles. The van der Waals surface area contributed by atoms with Gasteiger partial charge in [0.1, 0.15) is 0 Å². The molecule has 2 rings (SSSR count). The number of halogens is 1. The maximum atomic E-state index is 6.06. The Balaban J connectivity index is 2.63. The molecule has 0 spiro atoms. The molecular weight excluding hydrogens is 194 g/mol. The first-order valence-corrected chi connectivity index (χ1v) is 5.34. The highest BCUT2D eigenvalue weighted by Crippen LogP contribution is 2.35. The second kappa shape index (κ2) is 3.39. The van der Waals surface area contributed by atoms with Gasteiger partial charge >= 0.3 is 0 Å². The second-order valence-electron chi connectivity index (χ2n) is 4.11. The predicted molar refractivity (Wildman–Crippen MR) is 61.6 cm³/mol. The van der Waals surface area contributed by atoms with Crippen LogP contribution in [-0.4, -0.2) is 6.21 Å². The van der Waals surface area contributed by atoms with Crippen molar-refractivity contribution in [3.63, 3.8) is 0 Å². The Labute approximate surface area is 89.8 Å². The van der Waals surface area contributed by atoms with E-state index in [1.807, 2.05) is 12.3 Å². The Morgan fingerprint density at radius 2 is 2.07 bits per heavy atom. The molecule has 1 nitrogen and oxygen atoms in total. The van der Waals surface area contributed by atoms with Crippen LogP contribution in [0.1, 0.15) is 49.4 Å². The summed E-state index contributed by atoms with van der Waals surface area (Å²) in [5, 5.41) is 0.813. The highest BCUT2D eigenvalue weighted by Gasteiger charge is 2.20. The third-order valence-electron chi connectivity index (χ3n) is 2.69. The minimum absolute atomic E-state index is 0.291. The first-order chi connectivity index (χ1) is 6.59. The van der Waals surface area contributed by atoms with E-state index in [4.69, 9.17) is 11.6 Å². The zero-order valence-corrected chi connectivity index (χ0v) is 9.47. The predicted octanol–water partition coefficient (Wildman–Crippen LogP) is 3.96. The number of rotatable bonds is 1. The third kappa shape index (κ3) is 1.46. The number of benzene rings is 1. The number of hydrogen-bond acceptors (Lipinski definition) is 1. The molecule has 0 aliphatic carbocycles. The standard InChI is InChI=1S/C12H14ClN/c1-7(2)11-5-10(13)4-9-6-14-8(3)12(9)11/h4-8H,1-3H3. The van der Waals surface area contributed by atoms with Crippen molar-refractivity contribution in [2.45, 2.75) is 32.7 Å². The summed E-state index contributed by atoms with van der Waals surface area (Å²) in [4.78, 5) is 4.40. The SMILES string of the molecule is CC(C)c1cc(Cl)cc2c1C(C)N=C2. The molecule has 14 heavy (non-hydrogen) atoms. The van der Waals surface area contributed by atoms with E-state index in [0.29, 0.717) is 12.0 Å². The Bertz CT molecular complexity index is 394. The van der Waals surface area contributed by atoms with Gasteiger partial charge in [0.05, 0.1) is 6.04 Å². The fourth-order valence-corrected chi connectivity index (χ4v) is 2.23. The maximum absolute atomic E-state index is 6.06. The first-order valence-electron chi connectivity index (χ1n) is 4.96. The van der Waals surface area contributed by atoms with Gasteiger partial charge in [0.15, 0.2) is 0 Å². The second-order valence-corrected chi connectivity index (χ2v) is 4.54. The van der Waals surface area contributed by atoms with Gasteiger partial charge in [-0.25, -0.2) is 0 Å². The topological polar surface area (TPSA) is 12.4 Å². The van der Waals surface area contributed by atoms with E-state index >= 15 is 0 Å². The van der Waals surface area contributed by atoms with Gasteiger partial charge in [-0.05, 0) is 41.7 Å². The van der Waals surface area contributed by atoms with E-state index < -0.39 is 0 Å². The van der Waals surface area contributed by atoms with Crippen LogP contribution in [0.5, 0.6) is 0 Å². The van der Waals surface area contributed by atoms with Crippen molar-refractivity contribution >= 4 is 17.8 Å².